The number of likely N-dealkylation sites (tertiary alicyclic amines) is 1. The molecule has 0 saturated carbocycles. The van der Waals surface area contributed by atoms with Gasteiger partial charge in [-0.3, -0.25) is 24.6 Å². The van der Waals surface area contributed by atoms with Crippen molar-refractivity contribution in [3.8, 4) is 0 Å². The number of amides is 2. The molecule has 202 valence electrons. The SMILES string of the molecule is CCOC(=O)C[C@@H](c1ccc([N+](=O)[O-])cc1)[C@@H](NC(=O)[C@H]1CCCN1C(=O)OCc1ccccc1)C(=O)O. The molecule has 38 heavy (non-hydrogen) atoms. The molecular weight excluding hydrogens is 498 g/mol. The van der Waals surface area contributed by atoms with Gasteiger partial charge in [0.05, 0.1) is 18.0 Å². The molecule has 0 radical (unpaired) electrons. The highest BCUT2D eigenvalue weighted by atomic mass is 16.6. The van der Waals surface area contributed by atoms with Crippen molar-refractivity contribution < 1.29 is 38.7 Å². The molecule has 1 aliphatic rings. The maximum atomic E-state index is 13.2. The van der Waals surface area contributed by atoms with Crippen LogP contribution in [0.25, 0.3) is 0 Å². The summed E-state index contributed by atoms with van der Waals surface area (Å²) in [6.45, 7) is 1.95. The van der Waals surface area contributed by atoms with Gasteiger partial charge in [0.25, 0.3) is 5.69 Å². The first-order valence-corrected chi connectivity index (χ1v) is 12.1. The Labute approximate surface area is 218 Å². The highest BCUT2D eigenvalue weighted by Gasteiger charge is 2.39. The summed E-state index contributed by atoms with van der Waals surface area (Å²) in [5, 5.41) is 23.5. The molecule has 1 aliphatic heterocycles. The van der Waals surface area contributed by atoms with E-state index >= 15 is 0 Å². The van der Waals surface area contributed by atoms with Crippen molar-refractivity contribution in [2.75, 3.05) is 13.2 Å². The molecule has 1 saturated heterocycles. The summed E-state index contributed by atoms with van der Waals surface area (Å²) in [7, 11) is 0. The Morgan fingerprint density at radius 2 is 1.79 bits per heavy atom. The first kappa shape index (κ1) is 28.1. The molecule has 0 bridgehead atoms. The van der Waals surface area contributed by atoms with Crippen LogP contribution in [0.4, 0.5) is 10.5 Å². The predicted molar refractivity (Wildman–Crippen MR) is 133 cm³/mol. The number of carboxylic acid groups (broad SMARTS) is 1. The molecular formula is C26H29N3O9. The summed E-state index contributed by atoms with van der Waals surface area (Å²) >= 11 is 0. The van der Waals surface area contributed by atoms with E-state index < -0.39 is 53.3 Å². The third kappa shape index (κ3) is 7.28. The highest BCUT2D eigenvalue weighted by Crippen LogP contribution is 2.28. The molecule has 0 unspecified atom stereocenters. The van der Waals surface area contributed by atoms with Gasteiger partial charge in [0.15, 0.2) is 0 Å². The Morgan fingerprint density at radius 3 is 2.39 bits per heavy atom. The van der Waals surface area contributed by atoms with Crippen LogP contribution in [0.1, 0.15) is 43.2 Å². The number of nitro benzene ring substituents is 1. The second-order valence-corrected chi connectivity index (χ2v) is 8.68. The Hall–Kier alpha value is -4.48. The molecule has 12 heteroatoms. The zero-order valence-corrected chi connectivity index (χ0v) is 20.8. The number of hydrogen-bond donors (Lipinski definition) is 2. The molecule has 2 aromatic rings. The minimum atomic E-state index is -1.57. The number of hydrogen-bond acceptors (Lipinski definition) is 8. The van der Waals surface area contributed by atoms with Crippen molar-refractivity contribution in [1.29, 1.82) is 0 Å². The molecule has 2 N–H and O–H groups in total. The van der Waals surface area contributed by atoms with Crippen LogP contribution in [-0.2, 0) is 30.5 Å². The number of non-ortho nitro benzene ring substituents is 1. The van der Waals surface area contributed by atoms with E-state index in [1.54, 1.807) is 31.2 Å². The fourth-order valence-corrected chi connectivity index (χ4v) is 4.31. The summed E-state index contributed by atoms with van der Waals surface area (Å²) in [6.07, 6.45) is -0.267. The van der Waals surface area contributed by atoms with E-state index in [4.69, 9.17) is 9.47 Å². The first-order valence-electron chi connectivity index (χ1n) is 12.1. The molecule has 2 aromatic carbocycles. The van der Waals surface area contributed by atoms with Gasteiger partial charge in [-0.15, -0.1) is 0 Å². The number of carbonyl (C=O) groups excluding carboxylic acids is 3. The maximum absolute atomic E-state index is 13.2. The van der Waals surface area contributed by atoms with Crippen LogP contribution in [0.15, 0.2) is 54.6 Å². The lowest BCUT2D eigenvalue weighted by atomic mass is 9.88. The molecule has 0 aliphatic carbocycles. The van der Waals surface area contributed by atoms with E-state index in [9.17, 15) is 34.4 Å². The number of benzene rings is 2. The van der Waals surface area contributed by atoms with Crippen molar-refractivity contribution in [2.24, 2.45) is 0 Å². The Bertz CT molecular complexity index is 1150. The number of aliphatic carboxylic acids is 1. The van der Waals surface area contributed by atoms with Gasteiger partial charge in [0, 0.05) is 24.6 Å². The lowest BCUT2D eigenvalue weighted by molar-refractivity contribution is -0.384. The third-order valence-corrected chi connectivity index (χ3v) is 6.19. The minimum Gasteiger partial charge on any atom is -0.480 e. The summed E-state index contributed by atoms with van der Waals surface area (Å²) in [5.74, 6) is -3.90. The van der Waals surface area contributed by atoms with Gasteiger partial charge in [-0.05, 0) is 30.9 Å². The summed E-state index contributed by atoms with van der Waals surface area (Å²) < 4.78 is 10.3. The van der Waals surface area contributed by atoms with Crippen LogP contribution in [0.5, 0.6) is 0 Å². The van der Waals surface area contributed by atoms with Gasteiger partial charge < -0.3 is 19.9 Å². The van der Waals surface area contributed by atoms with E-state index in [-0.39, 0.29) is 25.4 Å². The van der Waals surface area contributed by atoms with Gasteiger partial charge in [-0.25, -0.2) is 9.59 Å². The van der Waals surface area contributed by atoms with Crippen molar-refractivity contribution >= 4 is 29.6 Å². The second kappa shape index (κ2) is 13.2. The number of rotatable bonds is 11. The van der Waals surface area contributed by atoms with Crippen molar-refractivity contribution in [2.45, 2.75) is 50.8 Å². The van der Waals surface area contributed by atoms with Gasteiger partial charge in [0.1, 0.15) is 18.7 Å². The van der Waals surface area contributed by atoms with Gasteiger partial charge in [-0.2, -0.15) is 0 Å². The lowest BCUT2D eigenvalue weighted by Gasteiger charge is -2.28. The van der Waals surface area contributed by atoms with Crippen LogP contribution < -0.4 is 5.32 Å². The number of esters is 1. The van der Waals surface area contributed by atoms with Crippen LogP contribution in [0.3, 0.4) is 0 Å². The molecule has 3 rings (SSSR count). The molecule has 1 heterocycles. The molecule has 2 amide bonds. The summed E-state index contributed by atoms with van der Waals surface area (Å²) in [4.78, 5) is 62.2. The monoisotopic (exact) mass is 527 g/mol. The number of ether oxygens (including phenoxy) is 2. The van der Waals surface area contributed by atoms with Gasteiger partial charge >= 0.3 is 18.0 Å². The van der Waals surface area contributed by atoms with Crippen molar-refractivity contribution in [1.82, 2.24) is 10.2 Å². The highest BCUT2D eigenvalue weighted by molar-refractivity contribution is 5.90. The Balaban J connectivity index is 1.77. The number of nitro groups is 1. The van der Waals surface area contributed by atoms with Crippen molar-refractivity contribution in [3.63, 3.8) is 0 Å². The van der Waals surface area contributed by atoms with E-state index in [1.807, 2.05) is 6.07 Å². The molecule has 1 fully saturated rings. The third-order valence-electron chi connectivity index (χ3n) is 6.19. The van der Waals surface area contributed by atoms with E-state index in [2.05, 4.69) is 5.32 Å². The van der Waals surface area contributed by atoms with E-state index in [0.29, 0.717) is 18.4 Å². The van der Waals surface area contributed by atoms with Crippen LogP contribution in [0, 0.1) is 10.1 Å². The first-order chi connectivity index (χ1) is 18.2. The average Bonchev–Trinajstić information content (AvgIpc) is 3.40. The average molecular weight is 528 g/mol. The van der Waals surface area contributed by atoms with E-state index in [1.165, 1.54) is 29.2 Å². The number of nitrogens with zero attached hydrogens (tertiary/aromatic N) is 2. The normalized spacial score (nSPS) is 16.2. The minimum absolute atomic E-state index is 0.0179. The fourth-order valence-electron chi connectivity index (χ4n) is 4.31. The second-order valence-electron chi connectivity index (χ2n) is 8.68. The predicted octanol–water partition coefficient (Wildman–Crippen LogP) is 3.00. The Morgan fingerprint density at radius 1 is 1.11 bits per heavy atom. The molecule has 0 aromatic heterocycles. The fraction of sp³-hybridized carbons (Fsp3) is 0.385. The number of carbonyl (C=O) groups is 4. The maximum Gasteiger partial charge on any atom is 0.410 e. The molecule has 3 atom stereocenters. The van der Waals surface area contributed by atoms with Crippen LogP contribution >= 0.6 is 0 Å². The Kier molecular flexibility index (Phi) is 9.74. The van der Waals surface area contributed by atoms with Crippen molar-refractivity contribution in [3.05, 3.63) is 75.8 Å². The number of nitrogens with one attached hydrogen (secondary N) is 1. The smallest absolute Gasteiger partial charge is 0.410 e. The zero-order valence-electron chi connectivity index (χ0n) is 20.8. The topological polar surface area (TPSA) is 165 Å². The standard InChI is InChI=1S/C26H29N3O9/c1-2-37-22(30)15-20(18-10-12-19(13-11-18)29(35)36)23(25(32)33)27-24(31)21-9-6-14-28(21)26(34)38-16-17-7-4-3-5-8-17/h3-5,7-8,10-13,20-21,23H,2,6,9,14-16H2,1H3,(H,27,31)(H,32,33)/t20-,21+,23+/m0/s1. The van der Waals surface area contributed by atoms with Crippen LogP contribution in [-0.4, -0.2) is 64.1 Å². The van der Waals surface area contributed by atoms with Gasteiger partial charge in [0.2, 0.25) is 5.91 Å². The van der Waals surface area contributed by atoms with Gasteiger partial charge in [-0.1, -0.05) is 42.5 Å². The molecule has 12 nitrogen and oxygen atoms in total. The van der Waals surface area contributed by atoms with E-state index in [0.717, 1.165) is 5.56 Å². The largest absolute Gasteiger partial charge is 0.480 e. The molecule has 0 spiro atoms. The summed E-state index contributed by atoms with van der Waals surface area (Å²) in [5.41, 5.74) is 0.856. The zero-order chi connectivity index (χ0) is 27.7. The quantitative estimate of drug-likeness (QED) is 0.254. The number of carboxylic acids is 1. The lowest BCUT2D eigenvalue weighted by Crippen LogP contribution is -2.53. The van der Waals surface area contributed by atoms with Crippen LogP contribution in [0.2, 0.25) is 0 Å². The summed E-state index contributed by atoms with van der Waals surface area (Å²) in [6, 6.07) is 11.6.